The topological polar surface area (TPSA) is 35.2 Å². The molecule has 2 N–H and O–H groups in total. The van der Waals surface area contributed by atoms with Crippen molar-refractivity contribution in [2.24, 2.45) is 5.73 Å². The molecule has 0 radical (unpaired) electrons. The Kier molecular flexibility index (Phi) is 2.36. The Morgan fingerprint density at radius 2 is 1.94 bits per heavy atom. The number of hydrogen-bond donors (Lipinski definition) is 1. The highest BCUT2D eigenvalue weighted by Gasteiger charge is 2.44. The highest BCUT2D eigenvalue weighted by molar-refractivity contribution is 6.42. The van der Waals surface area contributed by atoms with Gasteiger partial charge in [0.15, 0.2) is 0 Å². The highest BCUT2D eigenvalue weighted by Crippen LogP contribution is 2.49. The van der Waals surface area contributed by atoms with Gasteiger partial charge in [0, 0.05) is 24.1 Å². The van der Waals surface area contributed by atoms with Gasteiger partial charge < -0.3 is 10.5 Å². The van der Waals surface area contributed by atoms with Gasteiger partial charge in [0.05, 0.1) is 10.0 Å². The predicted molar refractivity (Wildman–Crippen MR) is 65.2 cm³/mol. The number of halogens is 2. The van der Waals surface area contributed by atoms with E-state index >= 15 is 0 Å². The normalized spacial score (nSPS) is 25.8. The maximum absolute atomic E-state index is 6.17. The quantitative estimate of drug-likeness (QED) is 0.770. The van der Waals surface area contributed by atoms with Crippen LogP contribution in [0, 0.1) is 0 Å². The summed E-state index contributed by atoms with van der Waals surface area (Å²) in [6, 6.07) is 3.63. The largest absolute Gasteiger partial charge is 0.487 e. The molecule has 1 aromatic rings. The van der Waals surface area contributed by atoms with Crippen LogP contribution in [0.5, 0.6) is 5.75 Å². The fourth-order valence-electron chi connectivity index (χ4n) is 2.59. The SMILES string of the molecule is NC1CC2(CCC2)Oc2cc(Cl)c(Cl)cc21. The summed E-state index contributed by atoms with van der Waals surface area (Å²) in [5, 5.41) is 1.08. The molecule has 0 amide bonds. The first kappa shape index (κ1) is 10.7. The molecule has 1 fully saturated rings. The van der Waals surface area contributed by atoms with Crippen molar-refractivity contribution in [3.8, 4) is 5.75 Å². The Balaban J connectivity index is 2.04. The second-order valence-electron chi connectivity index (χ2n) is 4.75. The molecule has 86 valence electrons. The molecule has 1 heterocycles. The molecular formula is C12H13Cl2NO. The van der Waals surface area contributed by atoms with E-state index in [1.54, 1.807) is 6.07 Å². The Morgan fingerprint density at radius 1 is 1.25 bits per heavy atom. The van der Waals surface area contributed by atoms with Gasteiger partial charge in [-0.05, 0) is 25.3 Å². The molecule has 1 unspecified atom stereocenters. The molecule has 2 nitrogen and oxygen atoms in total. The standard InChI is InChI=1S/C12H13Cl2NO/c13-8-4-7-10(15)6-12(2-1-3-12)16-11(7)5-9(8)14/h4-5,10H,1-3,6,15H2. The van der Waals surface area contributed by atoms with E-state index in [-0.39, 0.29) is 11.6 Å². The molecule has 1 spiro atoms. The van der Waals surface area contributed by atoms with Crippen LogP contribution in [0.15, 0.2) is 12.1 Å². The number of fused-ring (bicyclic) bond motifs is 1. The molecule has 1 atom stereocenters. The van der Waals surface area contributed by atoms with Crippen LogP contribution in [0.3, 0.4) is 0 Å². The van der Waals surface area contributed by atoms with Crippen LogP contribution < -0.4 is 10.5 Å². The lowest BCUT2D eigenvalue weighted by Gasteiger charge is -2.47. The van der Waals surface area contributed by atoms with Crippen LogP contribution in [-0.2, 0) is 0 Å². The molecule has 4 heteroatoms. The van der Waals surface area contributed by atoms with Crippen molar-refractivity contribution >= 4 is 23.2 Å². The first-order chi connectivity index (χ1) is 7.60. The Hall–Kier alpha value is -0.440. The van der Waals surface area contributed by atoms with E-state index in [0.29, 0.717) is 10.0 Å². The van der Waals surface area contributed by atoms with Gasteiger partial charge in [-0.15, -0.1) is 0 Å². The minimum Gasteiger partial charge on any atom is -0.487 e. The first-order valence-corrected chi connectivity index (χ1v) is 6.29. The number of hydrogen-bond acceptors (Lipinski definition) is 2. The third-order valence-corrected chi connectivity index (χ3v) is 4.36. The van der Waals surface area contributed by atoms with Crippen molar-refractivity contribution in [1.29, 1.82) is 0 Å². The maximum atomic E-state index is 6.17. The molecule has 0 bridgehead atoms. The van der Waals surface area contributed by atoms with Gasteiger partial charge in [-0.25, -0.2) is 0 Å². The summed E-state index contributed by atoms with van der Waals surface area (Å²) in [6.45, 7) is 0. The van der Waals surface area contributed by atoms with Gasteiger partial charge in [0.1, 0.15) is 11.4 Å². The molecular weight excluding hydrogens is 245 g/mol. The minimum atomic E-state index is -0.0242. The van der Waals surface area contributed by atoms with Gasteiger partial charge in [0.2, 0.25) is 0 Å². The molecule has 1 saturated carbocycles. The van der Waals surface area contributed by atoms with Gasteiger partial charge in [-0.2, -0.15) is 0 Å². The molecule has 1 aliphatic carbocycles. The fourth-order valence-corrected chi connectivity index (χ4v) is 2.91. The number of nitrogens with two attached hydrogens (primary N) is 1. The summed E-state index contributed by atoms with van der Waals surface area (Å²) >= 11 is 12.0. The number of benzene rings is 1. The van der Waals surface area contributed by atoms with E-state index in [1.807, 2.05) is 6.07 Å². The van der Waals surface area contributed by atoms with Gasteiger partial charge in [0.25, 0.3) is 0 Å². The summed E-state index contributed by atoms with van der Waals surface area (Å²) in [5.41, 5.74) is 7.12. The summed E-state index contributed by atoms with van der Waals surface area (Å²) in [4.78, 5) is 0. The third-order valence-electron chi connectivity index (χ3n) is 3.64. The molecule has 1 aliphatic heterocycles. The van der Waals surface area contributed by atoms with Crippen molar-refractivity contribution in [3.05, 3.63) is 27.7 Å². The lowest BCUT2D eigenvalue weighted by atomic mass is 9.73. The zero-order valence-corrected chi connectivity index (χ0v) is 10.3. The Bertz CT molecular complexity index is 443. The Labute approximate surface area is 105 Å². The van der Waals surface area contributed by atoms with Crippen LogP contribution in [0.2, 0.25) is 10.0 Å². The third kappa shape index (κ3) is 1.52. The zero-order valence-electron chi connectivity index (χ0n) is 8.80. The fraction of sp³-hybridized carbons (Fsp3) is 0.500. The van der Waals surface area contributed by atoms with Crippen LogP contribution in [0.25, 0.3) is 0 Å². The summed E-state index contributed by atoms with van der Waals surface area (Å²) in [5.74, 6) is 0.813. The lowest BCUT2D eigenvalue weighted by Crippen LogP contribution is -2.48. The van der Waals surface area contributed by atoms with Gasteiger partial charge in [-0.1, -0.05) is 23.2 Å². The molecule has 16 heavy (non-hydrogen) atoms. The van der Waals surface area contributed by atoms with Crippen LogP contribution in [-0.4, -0.2) is 5.60 Å². The molecule has 3 rings (SSSR count). The van der Waals surface area contributed by atoms with Crippen molar-refractivity contribution in [1.82, 2.24) is 0 Å². The van der Waals surface area contributed by atoms with Crippen molar-refractivity contribution in [2.45, 2.75) is 37.3 Å². The Morgan fingerprint density at radius 3 is 2.56 bits per heavy atom. The van der Waals surface area contributed by atoms with E-state index in [2.05, 4.69) is 0 Å². The minimum absolute atomic E-state index is 0.0128. The van der Waals surface area contributed by atoms with Crippen LogP contribution in [0.4, 0.5) is 0 Å². The van der Waals surface area contributed by atoms with E-state index < -0.39 is 0 Å². The molecule has 1 aromatic carbocycles. The summed E-state index contributed by atoms with van der Waals surface area (Å²) in [6.07, 6.45) is 4.31. The summed E-state index contributed by atoms with van der Waals surface area (Å²) in [7, 11) is 0. The van der Waals surface area contributed by atoms with E-state index in [0.717, 1.165) is 30.6 Å². The number of ether oxygens (including phenoxy) is 1. The predicted octanol–water partition coefficient (Wildman–Crippen LogP) is 3.70. The van der Waals surface area contributed by atoms with Crippen molar-refractivity contribution in [3.63, 3.8) is 0 Å². The number of rotatable bonds is 0. The second kappa shape index (κ2) is 3.52. The lowest BCUT2D eigenvalue weighted by molar-refractivity contribution is -0.0329. The smallest absolute Gasteiger partial charge is 0.126 e. The van der Waals surface area contributed by atoms with Gasteiger partial charge in [-0.3, -0.25) is 0 Å². The van der Waals surface area contributed by atoms with E-state index in [4.69, 9.17) is 33.7 Å². The van der Waals surface area contributed by atoms with Crippen molar-refractivity contribution < 1.29 is 4.74 Å². The van der Waals surface area contributed by atoms with Crippen LogP contribution in [0.1, 0.15) is 37.3 Å². The average molecular weight is 258 g/mol. The van der Waals surface area contributed by atoms with Gasteiger partial charge >= 0.3 is 0 Å². The monoisotopic (exact) mass is 257 g/mol. The summed E-state index contributed by atoms with van der Waals surface area (Å²) < 4.78 is 6.04. The zero-order chi connectivity index (χ0) is 11.3. The second-order valence-corrected chi connectivity index (χ2v) is 5.57. The highest BCUT2D eigenvalue weighted by atomic mass is 35.5. The molecule has 0 saturated heterocycles. The average Bonchev–Trinajstić information content (AvgIpc) is 2.18. The van der Waals surface area contributed by atoms with E-state index in [9.17, 15) is 0 Å². The molecule has 2 aliphatic rings. The van der Waals surface area contributed by atoms with Crippen LogP contribution >= 0.6 is 23.2 Å². The molecule has 0 aromatic heterocycles. The first-order valence-electron chi connectivity index (χ1n) is 5.53. The van der Waals surface area contributed by atoms with E-state index in [1.165, 1.54) is 6.42 Å². The van der Waals surface area contributed by atoms with Crippen molar-refractivity contribution in [2.75, 3.05) is 0 Å². The maximum Gasteiger partial charge on any atom is 0.126 e.